The van der Waals surface area contributed by atoms with Crippen LogP contribution in [0.25, 0.3) is 0 Å². The smallest absolute Gasteiger partial charge is 0.265 e. The Hall–Kier alpha value is -3.43. The van der Waals surface area contributed by atoms with Crippen molar-refractivity contribution in [1.82, 2.24) is 4.90 Å². The van der Waals surface area contributed by atoms with Gasteiger partial charge in [-0.2, -0.15) is 0 Å². The lowest BCUT2D eigenvalue weighted by atomic mass is 10.1. The number of sulfonamides is 1. The molecule has 1 aliphatic heterocycles. The predicted molar refractivity (Wildman–Crippen MR) is 136 cm³/mol. The van der Waals surface area contributed by atoms with Crippen LogP contribution in [0.5, 0.6) is 11.5 Å². The van der Waals surface area contributed by atoms with Crippen LogP contribution in [0.2, 0.25) is 5.02 Å². The minimum Gasteiger partial charge on any atom is -0.495 e. The second kappa shape index (κ2) is 10.5. The maximum atomic E-state index is 13.0. The topological polar surface area (TPSA) is 88.2 Å². The molecule has 0 spiro atoms. The summed E-state index contributed by atoms with van der Waals surface area (Å²) in [6.07, 6.45) is 0. The number of carbonyl (C=O) groups excluding carboxylic acids is 1. The van der Waals surface area contributed by atoms with E-state index in [-0.39, 0.29) is 21.6 Å². The number of carbonyl (C=O) groups is 1. The molecule has 0 aliphatic carbocycles. The quantitative estimate of drug-likeness (QED) is 0.509. The Balaban J connectivity index is 1.41. The van der Waals surface area contributed by atoms with Crippen LogP contribution in [0.3, 0.4) is 0 Å². The van der Waals surface area contributed by atoms with E-state index in [9.17, 15) is 13.2 Å². The Bertz CT molecular complexity index is 1310. The number of hydrogen-bond donors (Lipinski definition) is 1. The third-order valence-corrected chi connectivity index (χ3v) is 7.43. The van der Waals surface area contributed by atoms with E-state index in [1.807, 2.05) is 24.3 Å². The number of rotatable bonds is 7. The summed E-state index contributed by atoms with van der Waals surface area (Å²) in [5.74, 6) is 0.886. The molecule has 1 amide bonds. The van der Waals surface area contributed by atoms with E-state index in [4.69, 9.17) is 21.1 Å². The van der Waals surface area contributed by atoms with Gasteiger partial charge in [0.25, 0.3) is 15.9 Å². The lowest BCUT2D eigenvalue weighted by molar-refractivity contribution is 0.0746. The molecule has 1 saturated heterocycles. The molecule has 35 heavy (non-hydrogen) atoms. The van der Waals surface area contributed by atoms with Gasteiger partial charge in [0, 0.05) is 42.5 Å². The van der Waals surface area contributed by atoms with Crippen molar-refractivity contribution < 1.29 is 22.7 Å². The Labute approximate surface area is 210 Å². The number of nitrogens with zero attached hydrogens (tertiary/aromatic N) is 2. The van der Waals surface area contributed by atoms with Gasteiger partial charge in [-0.1, -0.05) is 23.7 Å². The average Bonchev–Trinajstić information content (AvgIpc) is 2.88. The Kier molecular flexibility index (Phi) is 7.37. The molecule has 1 N–H and O–H groups in total. The number of methoxy groups -OCH3 is 2. The first kappa shape index (κ1) is 24.7. The number of anilines is 2. The predicted octanol–water partition coefficient (Wildman–Crippen LogP) is 4.12. The van der Waals surface area contributed by atoms with E-state index in [0.29, 0.717) is 37.4 Å². The molecule has 0 saturated carbocycles. The minimum atomic E-state index is -3.94. The Morgan fingerprint density at radius 2 is 1.54 bits per heavy atom. The van der Waals surface area contributed by atoms with Crippen LogP contribution in [0.4, 0.5) is 11.4 Å². The van der Waals surface area contributed by atoms with E-state index in [2.05, 4.69) is 9.62 Å². The average molecular weight is 516 g/mol. The van der Waals surface area contributed by atoms with E-state index in [1.54, 1.807) is 42.3 Å². The van der Waals surface area contributed by atoms with Crippen LogP contribution in [-0.2, 0) is 10.0 Å². The molecular weight excluding hydrogens is 490 g/mol. The van der Waals surface area contributed by atoms with Gasteiger partial charge in [0.05, 0.1) is 19.9 Å². The number of halogens is 1. The summed E-state index contributed by atoms with van der Waals surface area (Å²) in [5, 5.41) is 0.276. The highest BCUT2D eigenvalue weighted by Gasteiger charge is 2.24. The van der Waals surface area contributed by atoms with E-state index < -0.39 is 10.0 Å². The number of piperazine rings is 1. The first-order valence-corrected chi connectivity index (χ1v) is 12.8. The summed E-state index contributed by atoms with van der Waals surface area (Å²) < 4.78 is 38.8. The maximum absolute atomic E-state index is 13.0. The fourth-order valence-electron chi connectivity index (χ4n) is 3.98. The van der Waals surface area contributed by atoms with Gasteiger partial charge in [-0.3, -0.25) is 9.52 Å². The van der Waals surface area contributed by atoms with Crippen LogP contribution in [0, 0.1) is 0 Å². The highest BCUT2D eigenvalue weighted by Crippen LogP contribution is 2.30. The molecule has 0 radical (unpaired) electrons. The third kappa shape index (κ3) is 5.47. The molecule has 1 aliphatic rings. The molecule has 3 aromatic rings. The number of para-hydroxylation sites is 2. The van der Waals surface area contributed by atoms with Gasteiger partial charge in [0.1, 0.15) is 16.4 Å². The van der Waals surface area contributed by atoms with Crippen LogP contribution >= 0.6 is 11.6 Å². The highest BCUT2D eigenvalue weighted by atomic mass is 35.5. The van der Waals surface area contributed by atoms with Gasteiger partial charge < -0.3 is 19.3 Å². The van der Waals surface area contributed by atoms with Gasteiger partial charge >= 0.3 is 0 Å². The molecule has 1 fully saturated rings. The van der Waals surface area contributed by atoms with E-state index in [0.717, 1.165) is 11.4 Å². The van der Waals surface area contributed by atoms with Crippen molar-refractivity contribution in [1.29, 1.82) is 0 Å². The Morgan fingerprint density at radius 1 is 0.886 bits per heavy atom. The van der Waals surface area contributed by atoms with Crippen LogP contribution in [-0.4, -0.2) is 59.6 Å². The van der Waals surface area contributed by atoms with Crippen molar-refractivity contribution in [2.75, 3.05) is 50.0 Å². The third-order valence-electron chi connectivity index (χ3n) is 5.79. The van der Waals surface area contributed by atoms with Crippen molar-refractivity contribution in [3.8, 4) is 11.5 Å². The zero-order valence-corrected chi connectivity index (χ0v) is 21.0. The van der Waals surface area contributed by atoms with Crippen molar-refractivity contribution in [3.05, 3.63) is 77.3 Å². The summed E-state index contributed by atoms with van der Waals surface area (Å²) in [6.45, 7) is 2.51. The number of nitrogens with one attached hydrogen (secondary N) is 1. The van der Waals surface area contributed by atoms with E-state index in [1.165, 1.54) is 19.2 Å². The number of hydrogen-bond acceptors (Lipinski definition) is 6. The lowest BCUT2D eigenvalue weighted by Gasteiger charge is -2.36. The summed E-state index contributed by atoms with van der Waals surface area (Å²) in [7, 11) is -0.907. The molecule has 0 unspecified atom stereocenters. The zero-order valence-electron chi connectivity index (χ0n) is 19.4. The standard InChI is InChI=1S/C25H26ClN3O5S/c1-33-22-6-4-3-5-21(22)28-13-15-29(16-14-28)25(30)18-7-10-20(11-8-18)27-35(31,32)24-17-19(26)9-12-23(24)34-2/h3-12,17,27H,13-16H2,1-2H3. The first-order chi connectivity index (χ1) is 16.8. The normalized spacial score (nSPS) is 13.9. The van der Waals surface area contributed by atoms with E-state index >= 15 is 0 Å². The molecular formula is C25H26ClN3O5S. The molecule has 4 rings (SSSR count). The fraction of sp³-hybridized carbons (Fsp3) is 0.240. The number of ether oxygens (including phenoxy) is 2. The monoisotopic (exact) mass is 515 g/mol. The number of amides is 1. The van der Waals surface area contributed by atoms with Gasteiger partial charge in [-0.05, 0) is 54.6 Å². The van der Waals surface area contributed by atoms with Crippen molar-refractivity contribution in [3.63, 3.8) is 0 Å². The molecule has 0 atom stereocenters. The maximum Gasteiger partial charge on any atom is 0.265 e. The summed E-state index contributed by atoms with van der Waals surface area (Å²) in [4.78, 5) is 16.9. The molecule has 184 valence electrons. The van der Waals surface area contributed by atoms with Crippen molar-refractivity contribution in [2.24, 2.45) is 0 Å². The van der Waals surface area contributed by atoms with Crippen LogP contribution in [0.15, 0.2) is 71.6 Å². The zero-order chi connectivity index (χ0) is 25.0. The van der Waals surface area contributed by atoms with Gasteiger partial charge in [0.15, 0.2) is 0 Å². The summed E-state index contributed by atoms with van der Waals surface area (Å²) in [5.41, 5.74) is 1.82. The number of benzene rings is 3. The second-order valence-electron chi connectivity index (χ2n) is 7.93. The molecule has 3 aromatic carbocycles. The fourth-order valence-corrected chi connectivity index (χ4v) is 5.47. The van der Waals surface area contributed by atoms with Gasteiger partial charge in [-0.25, -0.2) is 8.42 Å². The largest absolute Gasteiger partial charge is 0.495 e. The summed E-state index contributed by atoms with van der Waals surface area (Å²) in [6, 6.07) is 18.5. The summed E-state index contributed by atoms with van der Waals surface area (Å²) >= 11 is 5.97. The second-order valence-corrected chi connectivity index (χ2v) is 10.0. The van der Waals surface area contributed by atoms with Gasteiger partial charge in [-0.15, -0.1) is 0 Å². The SMILES string of the molecule is COc1ccccc1N1CCN(C(=O)c2ccc(NS(=O)(=O)c3cc(Cl)ccc3OC)cc2)CC1. The van der Waals surface area contributed by atoms with Crippen LogP contribution < -0.4 is 19.1 Å². The van der Waals surface area contributed by atoms with Crippen molar-refractivity contribution in [2.45, 2.75) is 4.90 Å². The lowest BCUT2D eigenvalue weighted by Crippen LogP contribution is -2.48. The molecule has 10 heteroatoms. The first-order valence-electron chi connectivity index (χ1n) is 11.0. The molecule has 0 aromatic heterocycles. The highest BCUT2D eigenvalue weighted by molar-refractivity contribution is 7.92. The molecule has 8 nitrogen and oxygen atoms in total. The molecule has 0 bridgehead atoms. The van der Waals surface area contributed by atoms with Gasteiger partial charge in [0.2, 0.25) is 0 Å². The minimum absolute atomic E-state index is 0.0689. The van der Waals surface area contributed by atoms with Crippen LogP contribution in [0.1, 0.15) is 10.4 Å². The Morgan fingerprint density at radius 3 is 2.20 bits per heavy atom. The molecule has 1 heterocycles. The van der Waals surface area contributed by atoms with Crippen molar-refractivity contribution >= 4 is 38.9 Å².